The number of hydrogen-bond acceptors (Lipinski definition) is 4. The highest BCUT2D eigenvalue weighted by Crippen LogP contribution is 2.16. The summed E-state index contributed by atoms with van der Waals surface area (Å²) < 4.78 is 46.1. The summed E-state index contributed by atoms with van der Waals surface area (Å²) in [6, 6.07) is 9.94. The molecule has 0 unspecified atom stereocenters. The molecule has 1 N–H and O–H groups in total. The Morgan fingerprint density at radius 1 is 1.00 bits per heavy atom. The zero-order valence-electron chi connectivity index (χ0n) is 13.0. The number of alkyl halides is 2. The monoisotopic (exact) mass is 353 g/mol. The van der Waals surface area contributed by atoms with Crippen LogP contribution in [0.3, 0.4) is 0 Å². The van der Waals surface area contributed by atoms with Crippen molar-refractivity contribution in [3.05, 3.63) is 59.9 Å². The first-order valence-corrected chi connectivity index (χ1v) is 7.17. The number of nitrogens with one attached hydrogen (secondary N) is 1. The van der Waals surface area contributed by atoms with Gasteiger partial charge in [-0.15, -0.1) is 0 Å². The maximum absolute atomic E-state index is 12.8. The van der Waals surface area contributed by atoms with Crippen LogP contribution in [-0.4, -0.2) is 24.6 Å². The second-order valence-electron chi connectivity index (χ2n) is 4.95. The molecule has 132 valence electrons. The Kier molecular flexibility index (Phi) is 5.99. The molecule has 0 radical (unpaired) electrons. The van der Waals surface area contributed by atoms with E-state index in [0.29, 0.717) is 5.69 Å². The maximum atomic E-state index is 12.8. The fourth-order valence-corrected chi connectivity index (χ4v) is 1.83. The van der Waals surface area contributed by atoms with Crippen molar-refractivity contribution in [1.29, 1.82) is 0 Å². The summed E-state index contributed by atoms with van der Waals surface area (Å²) in [6.45, 7) is -1.60. The summed E-state index contributed by atoms with van der Waals surface area (Å²) >= 11 is 0. The molecule has 1 atom stereocenters. The van der Waals surface area contributed by atoms with Gasteiger partial charge < -0.3 is 14.8 Å². The molecule has 0 saturated carbocycles. The van der Waals surface area contributed by atoms with Crippen molar-refractivity contribution in [2.75, 3.05) is 5.32 Å². The largest absolute Gasteiger partial charge is 0.449 e. The second kappa shape index (κ2) is 8.18. The van der Waals surface area contributed by atoms with Crippen LogP contribution >= 0.6 is 0 Å². The molecule has 2 rings (SSSR count). The van der Waals surface area contributed by atoms with E-state index < -0.39 is 30.4 Å². The van der Waals surface area contributed by atoms with Crippen LogP contribution in [0.1, 0.15) is 17.3 Å². The molecule has 0 bridgehead atoms. The molecule has 2 aromatic carbocycles. The lowest BCUT2D eigenvalue weighted by Gasteiger charge is -2.14. The molecular weight excluding hydrogens is 339 g/mol. The Bertz CT molecular complexity index is 733. The summed E-state index contributed by atoms with van der Waals surface area (Å²) in [5.74, 6) is -1.95. The maximum Gasteiger partial charge on any atom is 0.387 e. The number of amides is 1. The van der Waals surface area contributed by atoms with E-state index in [1.165, 1.54) is 55.5 Å². The minimum absolute atomic E-state index is 0.0723. The lowest BCUT2D eigenvalue weighted by Crippen LogP contribution is -2.30. The summed E-state index contributed by atoms with van der Waals surface area (Å²) in [6.07, 6.45) is -1.12. The molecule has 0 aliphatic rings. The van der Waals surface area contributed by atoms with Gasteiger partial charge in [0, 0.05) is 5.69 Å². The molecule has 25 heavy (non-hydrogen) atoms. The van der Waals surface area contributed by atoms with Crippen molar-refractivity contribution < 1.29 is 32.2 Å². The molecule has 0 heterocycles. The predicted molar refractivity (Wildman–Crippen MR) is 83.0 cm³/mol. The molecule has 0 fully saturated rings. The highest BCUT2D eigenvalue weighted by Gasteiger charge is 2.19. The smallest absolute Gasteiger partial charge is 0.387 e. The lowest BCUT2D eigenvalue weighted by molar-refractivity contribution is -0.123. The van der Waals surface area contributed by atoms with Gasteiger partial charge in [-0.3, -0.25) is 4.79 Å². The first-order valence-electron chi connectivity index (χ1n) is 7.17. The van der Waals surface area contributed by atoms with Crippen LogP contribution in [0.2, 0.25) is 0 Å². The van der Waals surface area contributed by atoms with E-state index in [4.69, 9.17) is 4.74 Å². The van der Waals surface area contributed by atoms with Gasteiger partial charge in [0.25, 0.3) is 5.91 Å². The van der Waals surface area contributed by atoms with E-state index >= 15 is 0 Å². The van der Waals surface area contributed by atoms with Crippen LogP contribution in [0.25, 0.3) is 0 Å². The Morgan fingerprint density at radius 2 is 1.60 bits per heavy atom. The second-order valence-corrected chi connectivity index (χ2v) is 4.95. The van der Waals surface area contributed by atoms with Crippen molar-refractivity contribution >= 4 is 17.6 Å². The number of benzene rings is 2. The summed E-state index contributed by atoms with van der Waals surface area (Å²) in [5, 5.41) is 2.47. The van der Waals surface area contributed by atoms with Crippen LogP contribution in [-0.2, 0) is 9.53 Å². The number of carbonyl (C=O) groups is 2. The summed E-state index contributed by atoms with van der Waals surface area (Å²) in [5.41, 5.74) is 0.422. The van der Waals surface area contributed by atoms with Gasteiger partial charge in [0.05, 0.1) is 5.56 Å². The molecule has 5 nitrogen and oxygen atoms in total. The Hall–Kier alpha value is -3.03. The number of anilines is 1. The van der Waals surface area contributed by atoms with Gasteiger partial charge in [-0.1, -0.05) is 0 Å². The third kappa shape index (κ3) is 5.52. The van der Waals surface area contributed by atoms with E-state index in [1.54, 1.807) is 0 Å². The number of rotatable bonds is 6. The highest BCUT2D eigenvalue weighted by molar-refractivity contribution is 5.97. The molecule has 0 aliphatic carbocycles. The minimum atomic E-state index is -2.96. The molecule has 2 aromatic rings. The molecule has 8 heteroatoms. The van der Waals surface area contributed by atoms with Crippen LogP contribution in [0.15, 0.2) is 48.5 Å². The van der Waals surface area contributed by atoms with Crippen LogP contribution in [0.4, 0.5) is 18.9 Å². The van der Waals surface area contributed by atoms with Crippen molar-refractivity contribution in [3.63, 3.8) is 0 Å². The van der Waals surface area contributed by atoms with E-state index in [-0.39, 0.29) is 11.3 Å². The van der Waals surface area contributed by atoms with Crippen LogP contribution in [0.5, 0.6) is 5.75 Å². The standard InChI is InChI=1S/C17H14F3NO4/c1-10(15(22)21-13-6-4-12(18)5-7-13)24-16(23)11-2-8-14(9-3-11)25-17(19)20/h2-10,17H,1H3,(H,21,22)/t10-/m1/s1. The fourth-order valence-electron chi connectivity index (χ4n) is 1.83. The number of carbonyl (C=O) groups excluding carboxylic acids is 2. The van der Waals surface area contributed by atoms with E-state index in [1.807, 2.05) is 0 Å². The third-order valence-electron chi connectivity index (χ3n) is 3.08. The van der Waals surface area contributed by atoms with Crippen molar-refractivity contribution in [2.45, 2.75) is 19.6 Å². The summed E-state index contributed by atoms with van der Waals surface area (Å²) in [4.78, 5) is 23.9. The van der Waals surface area contributed by atoms with Crippen LogP contribution in [0, 0.1) is 5.82 Å². The van der Waals surface area contributed by atoms with Gasteiger partial charge in [0.15, 0.2) is 6.10 Å². The first-order chi connectivity index (χ1) is 11.8. The third-order valence-corrected chi connectivity index (χ3v) is 3.08. The van der Waals surface area contributed by atoms with Crippen molar-refractivity contribution in [2.24, 2.45) is 0 Å². The molecule has 0 aliphatic heterocycles. The number of halogens is 3. The fraction of sp³-hybridized carbons (Fsp3) is 0.176. The predicted octanol–water partition coefficient (Wildman–Crippen LogP) is 3.61. The number of hydrogen-bond donors (Lipinski definition) is 1. The SMILES string of the molecule is C[C@@H](OC(=O)c1ccc(OC(F)F)cc1)C(=O)Nc1ccc(F)cc1. The highest BCUT2D eigenvalue weighted by atomic mass is 19.3. The van der Waals surface area contributed by atoms with E-state index in [9.17, 15) is 22.8 Å². The van der Waals surface area contributed by atoms with Gasteiger partial charge in [-0.05, 0) is 55.5 Å². The number of esters is 1. The van der Waals surface area contributed by atoms with Crippen LogP contribution < -0.4 is 10.1 Å². The van der Waals surface area contributed by atoms with E-state index in [2.05, 4.69) is 10.1 Å². The average Bonchev–Trinajstić information content (AvgIpc) is 2.57. The lowest BCUT2D eigenvalue weighted by atomic mass is 10.2. The molecule has 0 spiro atoms. The Morgan fingerprint density at radius 3 is 2.16 bits per heavy atom. The topological polar surface area (TPSA) is 64.6 Å². The Labute approximate surface area is 141 Å². The minimum Gasteiger partial charge on any atom is -0.449 e. The summed E-state index contributed by atoms with van der Waals surface area (Å²) in [7, 11) is 0. The van der Waals surface area contributed by atoms with Crippen molar-refractivity contribution in [3.8, 4) is 5.75 Å². The first kappa shape index (κ1) is 18.3. The normalized spacial score (nSPS) is 11.7. The Balaban J connectivity index is 1.92. The number of ether oxygens (including phenoxy) is 2. The van der Waals surface area contributed by atoms with Gasteiger partial charge in [0.2, 0.25) is 0 Å². The van der Waals surface area contributed by atoms with Gasteiger partial charge in [-0.25, -0.2) is 9.18 Å². The van der Waals surface area contributed by atoms with Gasteiger partial charge in [-0.2, -0.15) is 8.78 Å². The van der Waals surface area contributed by atoms with Gasteiger partial charge >= 0.3 is 12.6 Å². The molecular formula is C17H14F3NO4. The molecule has 0 aromatic heterocycles. The van der Waals surface area contributed by atoms with E-state index in [0.717, 1.165) is 0 Å². The van der Waals surface area contributed by atoms with Crippen molar-refractivity contribution in [1.82, 2.24) is 0 Å². The zero-order chi connectivity index (χ0) is 18.4. The molecule has 1 amide bonds. The zero-order valence-corrected chi connectivity index (χ0v) is 13.0. The quantitative estimate of drug-likeness (QED) is 0.806. The average molecular weight is 353 g/mol. The van der Waals surface area contributed by atoms with Gasteiger partial charge in [0.1, 0.15) is 11.6 Å². The molecule has 0 saturated heterocycles.